The molecule has 1 saturated heterocycles. The molecule has 0 aromatic carbocycles. The quantitative estimate of drug-likeness (QED) is 0.471. The van der Waals surface area contributed by atoms with E-state index in [0.717, 1.165) is 13.0 Å². The molecule has 0 aromatic rings. The fourth-order valence-corrected chi connectivity index (χ4v) is 0.726. The van der Waals surface area contributed by atoms with Crippen molar-refractivity contribution in [2.24, 2.45) is 0 Å². The fourth-order valence-electron chi connectivity index (χ4n) is 0.726. The van der Waals surface area contributed by atoms with Gasteiger partial charge < -0.3 is 5.11 Å². The van der Waals surface area contributed by atoms with Crippen molar-refractivity contribution in [2.75, 3.05) is 13.6 Å². The normalized spacial score (nSPS) is 49.3. The third-order valence-electron chi connectivity index (χ3n) is 1.66. The van der Waals surface area contributed by atoms with Crippen molar-refractivity contribution in [1.29, 1.82) is 0 Å². The molecule has 1 heterocycles. The van der Waals surface area contributed by atoms with E-state index < -0.39 is 5.72 Å². The molecule has 2 unspecified atom stereocenters. The summed E-state index contributed by atoms with van der Waals surface area (Å²) in [6.45, 7) is 2.84. The standard InChI is InChI=1S/C5H11NO/c1-3-5(7)4-6(5)2/h7H,3-4H2,1-2H3. The summed E-state index contributed by atoms with van der Waals surface area (Å²) in [6.07, 6.45) is 0.851. The molecule has 0 bridgehead atoms. The molecule has 0 saturated carbocycles. The number of likely N-dealkylation sites (N-methyl/N-ethyl adjacent to an activating group) is 1. The van der Waals surface area contributed by atoms with Crippen molar-refractivity contribution >= 4 is 0 Å². The molecule has 0 radical (unpaired) electrons. The first-order valence-corrected chi connectivity index (χ1v) is 2.62. The fraction of sp³-hybridized carbons (Fsp3) is 1.00. The molecular weight excluding hydrogens is 90.1 g/mol. The number of nitrogens with zero attached hydrogens (tertiary/aromatic N) is 1. The van der Waals surface area contributed by atoms with Gasteiger partial charge in [0.15, 0.2) is 0 Å². The lowest BCUT2D eigenvalue weighted by Crippen LogP contribution is -2.12. The first-order valence-electron chi connectivity index (χ1n) is 2.62. The summed E-state index contributed by atoms with van der Waals surface area (Å²) in [4.78, 5) is 1.92. The van der Waals surface area contributed by atoms with Crippen LogP contribution >= 0.6 is 0 Å². The largest absolute Gasteiger partial charge is 0.374 e. The Labute approximate surface area is 43.7 Å². The molecule has 0 aliphatic carbocycles. The van der Waals surface area contributed by atoms with Gasteiger partial charge in [-0.25, -0.2) is 0 Å². The smallest absolute Gasteiger partial charge is 0.131 e. The minimum Gasteiger partial charge on any atom is -0.374 e. The first kappa shape index (κ1) is 5.06. The van der Waals surface area contributed by atoms with Crippen LogP contribution in [0.3, 0.4) is 0 Å². The van der Waals surface area contributed by atoms with E-state index in [2.05, 4.69) is 0 Å². The third kappa shape index (κ3) is 0.640. The van der Waals surface area contributed by atoms with Gasteiger partial charge in [-0.05, 0) is 13.5 Å². The Balaban J connectivity index is 2.36. The summed E-state index contributed by atoms with van der Waals surface area (Å²) in [7, 11) is 1.92. The zero-order chi connectivity index (χ0) is 5.49. The molecule has 2 atom stereocenters. The van der Waals surface area contributed by atoms with E-state index in [9.17, 15) is 0 Å². The van der Waals surface area contributed by atoms with Crippen molar-refractivity contribution in [1.82, 2.24) is 4.90 Å². The number of β-amino-alcohol motifs (C(OH)–C–C–N with tert-alkyl or cyclic N) is 1. The minimum atomic E-state index is -0.417. The van der Waals surface area contributed by atoms with E-state index in [1.807, 2.05) is 18.9 Å². The van der Waals surface area contributed by atoms with Gasteiger partial charge in [-0.15, -0.1) is 0 Å². The number of aliphatic hydroxyl groups is 1. The Morgan fingerprint density at radius 3 is 2.29 bits per heavy atom. The van der Waals surface area contributed by atoms with E-state index in [4.69, 9.17) is 5.11 Å². The molecule has 2 nitrogen and oxygen atoms in total. The third-order valence-corrected chi connectivity index (χ3v) is 1.66. The van der Waals surface area contributed by atoms with Gasteiger partial charge in [0.25, 0.3) is 0 Å². The van der Waals surface area contributed by atoms with Gasteiger partial charge in [-0.3, -0.25) is 4.90 Å². The van der Waals surface area contributed by atoms with Crippen LogP contribution < -0.4 is 0 Å². The van der Waals surface area contributed by atoms with Gasteiger partial charge in [-0.1, -0.05) is 6.92 Å². The zero-order valence-electron chi connectivity index (χ0n) is 4.81. The van der Waals surface area contributed by atoms with Crippen LogP contribution in [0.1, 0.15) is 13.3 Å². The highest BCUT2D eigenvalue weighted by Gasteiger charge is 2.45. The van der Waals surface area contributed by atoms with E-state index in [1.165, 1.54) is 0 Å². The molecule has 1 rings (SSSR count). The van der Waals surface area contributed by atoms with Crippen LogP contribution in [0, 0.1) is 0 Å². The number of hydrogen-bond donors (Lipinski definition) is 1. The Hall–Kier alpha value is -0.0800. The maximum absolute atomic E-state index is 9.13. The topological polar surface area (TPSA) is 23.2 Å². The van der Waals surface area contributed by atoms with Crippen molar-refractivity contribution < 1.29 is 5.11 Å². The summed E-state index contributed by atoms with van der Waals surface area (Å²) in [5.41, 5.74) is -0.417. The summed E-state index contributed by atoms with van der Waals surface area (Å²) in [6, 6.07) is 0. The van der Waals surface area contributed by atoms with Crippen LogP contribution in [0.25, 0.3) is 0 Å². The molecule has 1 aliphatic heterocycles. The van der Waals surface area contributed by atoms with Gasteiger partial charge in [0.05, 0.1) is 0 Å². The van der Waals surface area contributed by atoms with Gasteiger partial charge in [0, 0.05) is 6.54 Å². The highest BCUT2D eigenvalue weighted by Crippen LogP contribution is 2.28. The van der Waals surface area contributed by atoms with Crippen LogP contribution in [0.4, 0.5) is 0 Å². The molecule has 0 amide bonds. The maximum atomic E-state index is 9.13. The molecule has 42 valence electrons. The van der Waals surface area contributed by atoms with Gasteiger partial charge in [0.2, 0.25) is 0 Å². The van der Waals surface area contributed by atoms with Crippen LogP contribution in [0.5, 0.6) is 0 Å². The molecule has 1 aliphatic rings. The minimum absolute atomic E-state index is 0.417. The maximum Gasteiger partial charge on any atom is 0.131 e. The molecule has 0 aromatic heterocycles. The van der Waals surface area contributed by atoms with Crippen LogP contribution in [0.2, 0.25) is 0 Å². The summed E-state index contributed by atoms with van der Waals surface area (Å²) >= 11 is 0. The number of hydrogen-bond acceptors (Lipinski definition) is 2. The Bertz CT molecular complexity index is 80.1. The second-order valence-electron chi connectivity index (χ2n) is 2.19. The van der Waals surface area contributed by atoms with Gasteiger partial charge >= 0.3 is 0 Å². The van der Waals surface area contributed by atoms with Crippen molar-refractivity contribution in [3.63, 3.8) is 0 Å². The van der Waals surface area contributed by atoms with E-state index in [-0.39, 0.29) is 0 Å². The lowest BCUT2D eigenvalue weighted by atomic mass is 10.3. The van der Waals surface area contributed by atoms with Crippen molar-refractivity contribution in [2.45, 2.75) is 19.1 Å². The summed E-state index contributed by atoms with van der Waals surface area (Å²) in [5, 5.41) is 9.13. The monoisotopic (exact) mass is 101 g/mol. The van der Waals surface area contributed by atoms with Crippen molar-refractivity contribution in [3.05, 3.63) is 0 Å². The van der Waals surface area contributed by atoms with E-state index in [0.29, 0.717) is 0 Å². The molecule has 0 spiro atoms. The summed E-state index contributed by atoms with van der Waals surface area (Å²) in [5.74, 6) is 0. The van der Waals surface area contributed by atoms with E-state index in [1.54, 1.807) is 0 Å². The Morgan fingerprint density at radius 1 is 1.86 bits per heavy atom. The lowest BCUT2D eigenvalue weighted by Gasteiger charge is -2.00. The SMILES string of the molecule is CCC1(O)CN1C. The van der Waals surface area contributed by atoms with Crippen LogP contribution in [-0.2, 0) is 0 Å². The average molecular weight is 101 g/mol. The first-order chi connectivity index (χ1) is 3.19. The van der Waals surface area contributed by atoms with Gasteiger partial charge in [0.1, 0.15) is 5.72 Å². The molecule has 2 heteroatoms. The van der Waals surface area contributed by atoms with Gasteiger partial charge in [-0.2, -0.15) is 0 Å². The molecule has 1 fully saturated rings. The predicted octanol–water partition coefficient (Wildman–Crippen LogP) is 0.0304. The Kier molecular flexibility index (Phi) is 0.869. The molecule has 1 N–H and O–H groups in total. The number of rotatable bonds is 1. The average Bonchev–Trinajstić information content (AvgIpc) is 2.18. The molecular formula is C5H11NO. The van der Waals surface area contributed by atoms with Crippen molar-refractivity contribution in [3.8, 4) is 0 Å². The van der Waals surface area contributed by atoms with Crippen LogP contribution in [0.15, 0.2) is 0 Å². The zero-order valence-corrected chi connectivity index (χ0v) is 4.81. The second-order valence-corrected chi connectivity index (χ2v) is 2.19. The summed E-state index contributed by atoms with van der Waals surface area (Å²) < 4.78 is 0. The lowest BCUT2D eigenvalue weighted by molar-refractivity contribution is 0.0941. The highest BCUT2D eigenvalue weighted by molar-refractivity contribution is 4.92. The highest BCUT2D eigenvalue weighted by atomic mass is 16.3. The second kappa shape index (κ2) is 1.20. The Morgan fingerprint density at radius 2 is 2.29 bits per heavy atom. The van der Waals surface area contributed by atoms with E-state index >= 15 is 0 Å². The predicted molar refractivity (Wildman–Crippen MR) is 27.9 cm³/mol. The van der Waals surface area contributed by atoms with Crippen LogP contribution in [-0.4, -0.2) is 29.3 Å². The molecule has 7 heavy (non-hydrogen) atoms.